The van der Waals surface area contributed by atoms with Gasteiger partial charge in [-0.1, -0.05) is 19.6 Å². The first-order valence-electron chi connectivity index (χ1n) is 12.7. The van der Waals surface area contributed by atoms with Crippen molar-refractivity contribution in [1.82, 2.24) is 24.5 Å². The molecule has 0 N–H and O–H groups in total. The lowest BCUT2D eigenvalue weighted by Crippen LogP contribution is -2.34. The standard InChI is InChI=1S/C26H33FN6O4SSi/c1-31-24-19(15-29-31)6-7-22(36-2)25(24)33(18-37-12-13-39(3,4)5)38(34,35)21-16-30-32(17-21)23-14-20(8-11-28-23)26(27)9-10-26/h6-8,11,14-17H,9-10,12-13,18H2,1-5H3. The van der Waals surface area contributed by atoms with Crippen LogP contribution in [0.3, 0.4) is 0 Å². The van der Waals surface area contributed by atoms with E-state index in [0.717, 1.165) is 11.4 Å². The van der Waals surface area contributed by atoms with Crippen LogP contribution in [0.1, 0.15) is 18.4 Å². The third-order valence-electron chi connectivity index (χ3n) is 6.85. The zero-order valence-electron chi connectivity index (χ0n) is 22.8. The molecule has 1 fully saturated rings. The average Bonchev–Trinajstić information content (AvgIpc) is 3.28. The number of hydrogen-bond acceptors (Lipinski definition) is 7. The van der Waals surface area contributed by atoms with Gasteiger partial charge in [0, 0.05) is 33.3 Å². The lowest BCUT2D eigenvalue weighted by molar-refractivity contribution is 0.156. The lowest BCUT2D eigenvalue weighted by Gasteiger charge is -2.26. The number of fused-ring (bicyclic) bond motifs is 1. The van der Waals surface area contributed by atoms with E-state index in [1.807, 2.05) is 6.07 Å². The Morgan fingerprint density at radius 1 is 1.15 bits per heavy atom. The van der Waals surface area contributed by atoms with Crippen LogP contribution in [0.25, 0.3) is 16.7 Å². The summed E-state index contributed by atoms with van der Waals surface area (Å²) >= 11 is 0. The highest BCUT2D eigenvalue weighted by molar-refractivity contribution is 7.92. The van der Waals surface area contributed by atoms with Gasteiger partial charge in [-0.05, 0) is 48.7 Å². The predicted octanol–water partition coefficient (Wildman–Crippen LogP) is 4.63. The zero-order valence-corrected chi connectivity index (χ0v) is 24.6. The SMILES string of the molecule is COc1ccc2cnn(C)c2c1N(COCC[Si](C)(C)C)S(=O)(=O)c1cnn(-c2cc(C3(F)CC3)ccn2)c1. The van der Waals surface area contributed by atoms with Gasteiger partial charge in [0.1, 0.15) is 28.7 Å². The van der Waals surface area contributed by atoms with E-state index in [2.05, 4.69) is 34.8 Å². The molecule has 3 heterocycles. The van der Waals surface area contributed by atoms with Gasteiger partial charge >= 0.3 is 0 Å². The summed E-state index contributed by atoms with van der Waals surface area (Å²) in [6.07, 6.45) is 6.74. The van der Waals surface area contributed by atoms with Crippen LogP contribution >= 0.6 is 0 Å². The van der Waals surface area contributed by atoms with Gasteiger partial charge in [-0.25, -0.2) is 26.8 Å². The molecule has 39 heavy (non-hydrogen) atoms. The summed E-state index contributed by atoms with van der Waals surface area (Å²) < 4.78 is 58.8. The number of methoxy groups -OCH3 is 1. The molecule has 0 bridgehead atoms. The summed E-state index contributed by atoms with van der Waals surface area (Å²) in [6.45, 7) is 6.89. The van der Waals surface area contributed by atoms with Crippen molar-refractivity contribution < 1.29 is 22.3 Å². The van der Waals surface area contributed by atoms with Gasteiger partial charge in [-0.2, -0.15) is 10.2 Å². The van der Waals surface area contributed by atoms with Crippen LogP contribution in [0.2, 0.25) is 25.7 Å². The Kier molecular flexibility index (Phi) is 7.01. The summed E-state index contributed by atoms with van der Waals surface area (Å²) in [5.41, 5.74) is 0.0786. The third-order valence-corrected chi connectivity index (χ3v) is 10.2. The van der Waals surface area contributed by atoms with E-state index in [1.165, 1.54) is 34.7 Å². The molecule has 4 aromatic rings. The number of benzene rings is 1. The number of rotatable bonds is 11. The van der Waals surface area contributed by atoms with Gasteiger partial charge in [0.2, 0.25) is 0 Å². The van der Waals surface area contributed by atoms with Crippen LogP contribution in [-0.4, -0.2) is 61.5 Å². The maximum atomic E-state index is 14.7. The number of pyridine rings is 1. The molecule has 5 rings (SSSR count). The smallest absolute Gasteiger partial charge is 0.269 e. The number of aromatic nitrogens is 5. The molecule has 1 saturated carbocycles. The molecule has 1 aliphatic rings. The molecular weight excluding hydrogens is 539 g/mol. The molecule has 0 radical (unpaired) electrons. The van der Waals surface area contributed by atoms with Crippen LogP contribution in [0, 0.1) is 0 Å². The molecule has 0 amide bonds. The number of alkyl halides is 1. The molecule has 3 aromatic heterocycles. The van der Waals surface area contributed by atoms with E-state index in [-0.39, 0.29) is 11.6 Å². The summed E-state index contributed by atoms with van der Waals surface area (Å²) in [6, 6.07) is 7.66. The minimum absolute atomic E-state index is 0.0638. The summed E-state index contributed by atoms with van der Waals surface area (Å²) in [7, 11) is -2.35. The molecule has 0 atom stereocenters. The van der Waals surface area contributed by atoms with Crippen molar-refractivity contribution in [2.45, 2.75) is 49.1 Å². The van der Waals surface area contributed by atoms with Crippen LogP contribution in [0.5, 0.6) is 5.75 Å². The van der Waals surface area contributed by atoms with Gasteiger partial charge in [-0.15, -0.1) is 0 Å². The van der Waals surface area contributed by atoms with Gasteiger partial charge in [0.05, 0.1) is 31.2 Å². The van der Waals surface area contributed by atoms with Gasteiger partial charge < -0.3 is 9.47 Å². The molecule has 0 spiro atoms. The lowest BCUT2D eigenvalue weighted by atomic mass is 10.1. The summed E-state index contributed by atoms with van der Waals surface area (Å²) in [5.74, 6) is 0.699. The van der Waals surface area contributed by atoms with E-state index >= 15 is 0 Å². The molecule has 0 saturated heterocycles. The Labute approximate surface area is 228 Å². The first-order chi connectivity index (χ1) is 18.4. The van der Waals surface area contributed by atoms with Gasteiger partial charge in [-0.3, -0.25) is 4.68 Å². The van der Waals surface area contributed by atoms with E-state index in [4.69, 9.17) is 9.47 Å². The van der Waals surface area contributed by atoms with Crippen molar-refractivity contribution in [2.24, 2.45) is 7.05 Å². The Morgan fingerprint density at radius 2 is 1.92 bits per heavy atom. The molecule has 1 aromatic carbocycles. The topological polar surface area (TPSA) is 104 Å². The van der Waals surface area contributed by atoms with E-state index in [1.54, 1.807) is 36.1 Å². The molecular formula is C26H33FN6O4SSi. The number of halogens is 1. The Hall–Kier alpha value is -3.29. The van der Waals surface area contributed by atoms with Crippen molar-refractivity contribution in [3.05, 3.63) is 54.6 Å². The predicted molar refractivity (Wildman–Crippen MR) is 149 cm³/mol. The Bertz CT molecular complexity index is 1610. The van der Waals surface area contributed by atoms with Crippen LogP contribution in [0.4, 0.5) is 10.1 Å². The first-order valence-corrected chi connectivity index (χ1v) is 17.9. The minimum Gasteiger partial charge on any atom is -0.494 e. The molecule has 0 aliphatic heterocycles. The maximum absolute atomic E-state index is 14.7. The fourth-order valence-electron chi connectivity index (χ4n) is 4.33. The second kappa shape index (κ2) is 10.0. The normalized spacial score (nSPS) is 15.0. The minimum atomic E-state index is -4.19. The van der Waals surface area contributed by atoms with Crippen molar-refractivity contribution in [3.8, 4) is 11.6 Å². The van der Waals surface area contributed by atoms with Crippen molar-refractivity contribution in [2.75, 3.05) is 24.8 Å². The Morgan fingerprint density at radius 3 is 2.62 bits per heavy atom. The van der Waals surface area contributed by atoms with Crippen molar-refractivity contribution in [1.29, 1.82) is 0 Å². The van der Waals surface area contributed by atoms with Crippen LogP contribution < -0.4 is 9.04 Å². The van der Waals surface area contributed by atoms with Crippen molar-refractivity contribution in [3.63, 3.8) is 0 Å². The maximum Gasteiger partial charge on any atom is 0.269 e. The van der Waals surface area contributed by atoms with Gasteiger partial charge in [0.15, 0.2) is 5.82 Å². The molecule has 0 unspecified atom stereocenters. The summed E-state index contributed by atoms with van der Waals surface area (Å²) in [5, 5.41) is 9.34. The number of nitrogens with zero attached hydrogens (tertiary/aromatic N) is 6. The monoisotopic (exact) mass is 572 g/mol. The van der Waals surface area contributed by atoms with E-state index in [0.29, 0.717) is 47.8 Å². The number of sulfonamides is 1. The van der Waals surface area contributed by atoms with Crippen molar-refractivity contribution >= 4 is 34.7 Å². The largest absolute Gasteiger partial charge is 0.494 e. The number of ether oxygens (including phenoxy) is 2. The third kappa shape index (κ3) is 5.43. The fourth-order valence-corrected chi connectivity index (χ4v) is 6.38. The molecule has 1 aliphatic carbocycles. The molecule has 13 heteroatoms. The quantitative estimate of drug-likeness (QED) is 0.147. The highest BCUT2D eigenvalue weighted by Gasteiger charge is 2.45. The fraction of sp³-hybridized carbons (Fsp3) is 0.423. The van der Waals surface area contributed by atoms with Gasteiger partial charge in [0.25, 0.3) is 10.0 Å². The van der Waals surface area contributed by atoms with Crippen LogP contribution in [0.15, 0.2) is 53.9 Å². The number of aryl methyl sites for hydroxylation is 1. The van der Waals surface area contributed by atoms with E-state index < -0.39 is 23.8 Å². The number of anilines is 1. The average molecular weight is 573 g/mol. The van der Waals surface area contributed by atoms with Crippen LogP contribution in [-0.2, 0) is 27.5 Å². The highest BCUT2D eigenvalue weighted by Crippen LogP contribution is 2.49. The Balaban J connectivity index is 1.55. The van der Waals surface area contributed by atoms with E-state index in [9.17, 15) is 12.8 Å². The summed E-state index contributed by atoms with van der Waals surface area (Å²) in [4.78, 5) is 4.22. The second-order valence-corrected chi connectivity index (χ2v) is 18.5. The zero-order chi connectivity index (χ0) is 28.0. The number of hydrogen-bond donors (Lipinski definition) is 0. The second-order valence-electron chi connectivity index (χ2n) is 11.0. The molecule has 10 nitrogen and oxygen atoms in total. The first kappa shape index (κ1) is 27.3. The molecule has 208 valence electrons. The highest BCUT2D eigenvalue weighted by atomic mass is 32.2.